The van der Waals surface area contributed by atoms with E-state index in [4.69, 9.17) is 0 Å². The van der Waals surface area contributed by atoms with Gasteiger partial charge in [-0.3, -0.25) is 9.78 Å². The highest BCUT2D eigenvalue weighted by Gasteiger charge is 2.14. The Hall–Kier alpha value is -2.80. The number of nitrogens with zero attached hydrogens (tertiary/aromatic N) is 4. The van der Waals surface area contributed by atoms with Crippen molar-refractivity contribution in [3.8, 4) is 0 Å². The Bertz CT molecular complexity index is 1140. The normalized spacial score (nSPS) is 11.2. The van der Waals surface area contributed by atoms with Crippen LogP contribution in [-0.2, 0) is 0 Å². The second-order valence-corrected chi connectivity index (χ2v) is 6.67. The Morgan fingerprint density at radius 1 is 1.24 bits per heavy atom. The summed E-state index contributed by atoms with van der Waals surface area (Å²) in [5.41, 5.74) is 4.34. The Morgan fingerprint density at radius 3 is 2.92 bits per heavy atom. The highest BCUT2D eigenvalue weighted by Crippen LogP contribution is 2.28. The molecule has 1 N–H and O–H groups in total. The molecule has 7 heteroatoms. The molecule has 0 aliphatic carbocycles. The van der Waals surface area contributed by atoms with Gasteiger partial charge in [0.15, 0.2) is 5.65 Å². The Labute approximate surface area is 152 Å². The maximum absolute atomic E-state index is 12.7. The van der Waals surface area contributed by atoms with Crippen molar-refractivity contribution in [2.45, 2.75) is 13.8 Å². The maximum atomic E-state index is 12.7. The Morgan fingerprint density at radius 2 is 2.08 bits per heavy atom. The number of imidazole rings is 1. The molecule has 3 heterocycles. The number of anilines is 1. The lowest BCUT2D eigenvalue weighted by Crippen LogP contribution is -2.16. The number of carbonyl (C=O) groups is 1. The van der Waals surface area contributed by atoms with Gasteiger partial charge in [-0.1, -0.05) is 0 Å². The van der Waals surface area contributed by atoms with Crippen LogP contribution >= 0.6 is 15.9 Å². The van der Waals surface area contributed by atoms with Gasteiger partial charge < -0.3 is 5.32 Å². The molecule has 0 aliphatic rings. The number of pyridine rings is 1. The number of fused-ring (bicyclic) bond motifs is 2. The van der Waals surface area contributed by atoms with Crippen LogP contribution in [0.4, 0.5) is 5.69 Å². The summed E-state index contributed by atoms with van der Waals surface area (Å²) in [6.07, 6.45) is 3.52. The van der Waals surface area contributed by atoms with E-state index >= 15 is 0 Å². The van der Waals surface area contributed by atoms with Crippen LogP contribution in [-0.4, -0.2) is 25.5 Å². The second-order valence-electron chi connectivity index (χ2n) is 5.81. The third-order valence-corrected chi connectivity index (χ3v) is 4.57. The van der Waals surface area contributed by atoms with E-state index in [1.165, 1.54) is 0 Å². The van der Waals surface area contributed by atoms with Crippen LogP contribution in [0, 0.1) is 13.8 Å². The minimum atomic E-state index is -0.274. The fourth-order valence-electron chi connectivity index (χ4n) is 2.79. The third-order valence-electron chi connectivity index (χ3n) is 3.93. The summed E-state index contributed by atoms with van der Waals surface area (Å²) in [4.78, 5) is 21.5. The van der Waals surface area contributed by atoms with Gasteiger partial charge in [0.05, 0.1) is 23.1 Å². The van der Waals surface area contributed by atoms with Crippen LogP contribution in [0.3, 0.4) is 0 Å². The topological polar surface area (TPSA) is 72.2 Å². The number of rotatable bonds is 2. The molecule has 0 fully saturated rings. The smallest absolute Gasteiger partial charge is 0.276 e. The van der Waals surface area contributed by atoms with Gasteiger partial charge in [-0.15, -0.1) is 0 Å². The van der Waals surface area contributed by atoms with Gasteiger partial charge in [0, 0.05) is 16.1 Å². The quantitative estimate of drug-likeness (QED) is 0.558. The van der Waals surface area contributed by atoms with E-state index < -0.39 is 0 Å². The number of hydrogen-bond donors (Lipinski definition) is 1. The predicted molar refractivity (Wildman–Crippen MR) is 99.9 cm³/mol. The zero-order chi connectivity index (χ0) is 17.6. The van der Waals surface area contributed by atoms with Gasteiger partial charge >= 0.3 is 0 Å². The molecule has 0 bridgehead atoms. The molecule has 4 aromatic rings. The molecule has 1 aromatic carbocycles. The van der Waals surface area contributed by atoms with Crippen molar-refractivity contribution in [1.29, 1.82) is 0 Å². The van der Waals surface area contributed by atoms with E-state index in [0.29, 0.717) is 11.4 Å². The van der Waals surface area contributed by atoms with Gasteiger partial charge in [0.25, 0.3) is 5.91 Å². The average Bonchev–Trinajstić information content (AvgIpc) is 2.98. The number of nitrogens with one attached hydrogen (secondary N) is 1. The van der Waals surface area contributed by atoms with Crippen LogP contribution in [0.5, 0.6) is 0 Å². The predicted octanol–water partition coefficient (Wildman–Crippen LogP) is 3.91. The first-order valence-electron chi connectivity index (χ1n) is 7.71. The van der Waals surface area contributed by atoms with Gasteiger partial charge in [0.2, 0.25) is 0 Å². The molecule has 25 heavy (non-hydrogen) atoms. The summed E-state index contributed by atoms with van der Waals surface area (Å²) in [6.45, 7) is 3.81. The Kier molecular flexibility index (Phi) is 3.73. The fourth-order valence-corrected chi connectivity index (χ4v) is 3.24. The second kappa shape index (κ2) is 5.93. The number of aryl methyl sites for hydroxylation is 2. The third kappa shape index (κ3) is 2.76. The summed E-state index contributed by atoms with van der Waals surface area (Å²) < 4.78 is 2.52. The summed E-state index contributed by atoms with van der Waals surface area (Å²) in [5, 5.41) is 8.16. The van der Waals surface area contributed by atoms with E-state index in [2.05, 4.69) is 36.3 Å². The van der Waals surface area contributed by atoms with Crippen LogP contribution in [0.1, 0.15) is 21.7 Å². The van der Waals surface area contributed by atoms with Crippen molar-refractivity contribution < 1.29 is 4.79 Å². The monoisotopic (exact) mass is 395 g/mol. The first-order chi connectivity index (χ1) is 12.0. The summed E-state index contributed by atoms with van der Waals surface area (Å²) in [6, 6.07) is 9.22. The number of halogens is 1. The fraction of sp³-hybridized carbons (Fsp3) is 0.111. The molecular formula is C18H14BrN5O. The van der Waals surface area contributed by atoms with E-state index in [-0.39, 0.29) is 5.91 Å². The molecular weight excluding hydrogens is 382 g/mol. The van der Waals surface area contributed by atoms with Crippen molar-refractivity contribution in [3.63, 3.8) is 0 Å². The lowest BCUT2D eigenvalue weighted by molar-refractivity contribution is 0.102. The highest BCUT2D eigenvalue weighted by molar-refractivity contribution is 9.10. The molecule has 0 unspecified atom stereocenters. The van der Waals surface area contributed by atoms with E-state index in [1.807, 2.05) is 38.1 Å². The molecule has 6 nitrogen and oxygen atoms in total. The Balaban J connectivity index is 1.75. The van der Waals surface area contributed by atoms with E-state index in [1.54, 1.807) is 23.0 Å². The molecule has 0 saturated carbocycles. The number of hydrogen-bond acceptors (Lipinski definition) is 4. The van der Waals surface area contributed by atoms with Gasteiger partial charge in [-0.05, 0) is 65.7 Å². The van der Waals surface area contributed by atoms with Crippen molar-refractivity contribution in [2.24, 2.45) is 0 Å². The minimum Gasteiger partial charge on any atom is -0.320 e. The van der Waals surface area contributed by atoms with Crippen molar-refractivity contribution in [3.05, 3.63) is 64.1 Å². The number of aromatic nitrogens is 4. The van der Waals surface area contributed by atoms with Crippen LogP contribution in [0.15, 0.2) is 47.2 Å². The average molecular weight is 396 g/mol. The zero-order valence-electron chi connectivity index (χ0n) is 13.6. The lowest BCUT2D eigenvalue weighted by atomic mass is 10.1. The molecule has 0 saturated heterocycles. The van der Waals surface area contributed by atoms with Crippen molar-refractivity contribution >= 4 is 44.1 Å². The van der Waals surface area contributed by atoms with E-state index in [0.717, 1.165) is 32.3 Å². The van der Waals surface area contributed by atoms with E-state index in [9.17, 15) is 4.79 Å². The maximum Gasteiger partial charge on any atom is 0.276 e. The van der Waals surface area contributed by atoms with Gasteiger partial charge in [0.1, 0.15) is 5.69 Å². The standard InChI is InChI=1S/C18H14BrN5O/c1-10-8-15(23-24-9-11(2)21-17(10)24)18(25)22-14-6-5-13(19)16-12(14)4-3-7-20-16/h3-9H,1-2H3,(H,22,25). The molecule has 3 aromatic heterocycles. The molecule has 0 atom stereocenters. The summed E-state index contributed by atoms with van der Waals surface area (Å²) in [7, 11) is 0. The number of amides is 1. The van der Waals surface area contributed by atoms with Crippen molar-refractivity contribution in [1.82, 2.24) is 19.6 Å². The first kappa shape index (κ1) is 15.7. The minimum absolute atomic E-state index is 0.274. The first-order valence-corrected chi connectivity index (χ1v) is 8.50. The van der Waals surface area contributed by atoms with Crippen LogP contribution in [0.2, 0.25) is 0 Å². The van der Waals surface area contributed by atoms with Gasteiger partial charge in [-0.2, -0.15) is 5.10 Å². The SMILES string of the molecule is Cc1cn2nc(C(=O)Nc3ccc(Br)c4ncccc34)cc(C)c2n1. The van der Waals surface area contributed by atoms with Gasteiger partial charge in [-0.25, -0.2) is 9.50 Å². The molecule has 4 rings (SSSR count). The molecule has 1 amide bonds. The zero-order valence-corrected chi connectivity index (χ0v) is 15.2. The molecule has 0 spiro atoms. The largest absolute Gasteiger partial charge is 0.320 e. The highest BCUT2D eigenvalue weighted by atomic mass is 79.9. The number of benzene rings is 1. The summed E-state index contributed by atoms with van der Waals surface area (Å²) in [5.74, 6) is -0.274. The summed E-state index contributed by atoms with van der Waals surface area (Å²) >= 11 is 3.48. The van der Waals surface area contributed by atoms with Crippen LogP contribution in [0.25, 0.3) is 16.6 Å². The lowest BCUT2D eigenvalue weighted by Gasteiger charge is -2.10. The number of carbonyl (C=O) groups excluding carboxylic acids is 1. The van der Waals surface area contributed by atoms with Crippen molar-refractivity contribution in [2.75, 3.05) is 5.32 Å². The van der Waals surface area contributed by atoms with Crippen LogP contribution < -0.4 is 5.32 Å². The molecule has 0 aliphatic heterocycles. The molecule has 0 radical (unpaired) electrons. The molecule has 124 valence electrons.